The molecule has 0 aliphatic carbocycles. The zero-order valence-electron chi connectivity index (χ0n) is 12.2. The lowest BCUT2D eigenvalue weighted by Gasteiger charge is -2.07. The van der Waals surface area contributed by atoms with E-state index in [1.807, 2.05) is 38.1 Å². The molecule has 0 saturated carbocycles. The van der Waals surface area contributed by atoms with Gasteiger partial charge in [0.15, 0.2) is 0 Å². The lowest BCUT2D eigenvalue weighted by atomic mass is 10.1. The zero-order valence-corrected chi connectivity index (χ0v) is 12.2. The topological polar surface area (TPSA) is 52.6 Å². The highest BCUT2D eigenvalue weighted by molar-refractivity contribution is 5.72. The van der Waals surface area contributed by atoms with Crippen molar-refractivity contribution in [2.75, 3.05) is 6.61 Å². The Bertz CT molecular complexity index is 440. The van der Waals surface area contributed by atoms with E-state index >= 15 is 0 Å². The minimum Gasteiger partial charge on any atom is -0.466 e. The van der Waals surface area contributed by atoms with Crippen LogP contribution in [0.4, 0.5) is 0 Å². The SMILES string of the molecule is CCCOC(=O)CCCC(=O)OCc1ccccc1C. The molecule has 0 heterocycles. The highest BCUT2D eigenvalue weighted by Gasteiger charge is 2.07. The number of esters is 2. The van der Waals surface area contributed by atoms with E-state index in [-0.39, 0.29) is 31.4 Å². The third kappa shape index (κ3) is 6.36. The molecule has 1 aromatic carbocycles. The second kappa shape index (κ2) is 9.13. The molecule has 0 amide bonds. The molecule has 0 saturated heterocycles. The first-order valence-corrected chi connectivity index (χ1v) is 6.99. The van der Waals surface area contributed by atoms with Crippen LogP contribution in [0.3, 0.4) is 0 Å². The summed E-state index contributed by atoms with van der Waals surface area (Å²) in [5.41, 5.74) is 2.10. The van der Waals surface area contributed by atoms with E-state index < -0.39 is 0 Å². The summed E-state index contributed by atoms with van der Waals surface area (Å²) in [7, 11) is 0. The van der Waals surface area contributed by atoms with Gasteiger partial charge in [0.05, 0.1) is 6.61 Å². The summed E-state index contributed by atoms with van der Waals surface area (Å²) in [6.45, 7) is 4.64. The van der Waals surface area contributed by atoms with Crippen LogP contribution in [0.2, 0.25) is 0 Å². The molecule has 4 heteroatoms. The van der Waals surface area contributed by atoms with Crippen LogP contribution in [0.5, 0.6) is 0 Å². The van der Waals surface area contributed by atoms with Crippen molar-refractivity contribution >= 4 is 11.9 Å². The van der Waals surface area contributed by atoms with Crippen LogP contribution in [0, 0.1) is 6.92 Å². The quantitative estimate of drug-likeness (QED) is 0.685. The average Bonchev–Trinajstić information content (AvgIpc) is 2.44. The molecule has 0 bridgehead atoms. The van der Waals surface area contributed by atoms with Gasteiger partial charge in [-0.2, -0.15) is 0 Å². The van der Waals surface area contributed by atoms with Crippen molar-refractivity contribution in [3.05, 3.63) is 35.4 Å². The lowest BCUT2D eigenvalue weighted by molar-refractivity contribution is -0.146. The number of carbonyl (C=O) groups excluding carboxylic acids is 2. The molecular formula is C16H22O4. The second-order valence-corrected chi connectivity index (χ2v) is 4.66. The number of ether oxygens (including phenoxy) is 2. The molecule has 0 atom stereocenters. The molecule has 0 aromatic heterocycles. The molecule has 4 nitrogen and oxygen atoms in total. The van der Waals surface area contributed by atoms with E-state index in [4.69, 9.17) is 9.47 Å². The molecule has 1 rings (SSSR count). The molecule has 0 aliphatic heterocycles. The number of aryl methyl sites for hydroxylation is 1. The fraction of sp³-hybridized carbons (Fsp3) is 0.500. The third-order valence-corrected chi connectivity index (χ3v) is 2.88. The minimum atomic E-state index is -0.281. The van der Waals surface area contributed by atoms with Gasteiger partial charge in [-0.25, -0.2) is 0 Å². The van der Waals surface area contributed by atoms with E-state index in [0.29, 0.717) is 13.0 Å². The fourth-order valence-corrected chi connectivity index (χ4v) is 1.67. The Labute approximate surface area is 120 Å². The fourth-order valence-electron chi connectivity index (χ4n) is 1.67. The van der Waals surface area contributed by atoms with Crippen LogP contribution in [-0.4, -0.2) is 18.5 Å². The maximum absolute atomic E-state index is 11.5. The largest absolute Gasteiger partial charge is 0.466 e. The van der Waals surface area contributed by atoms with Gasteiger partial charge in [0.25, 0.3) is 0 Å². The van der Waals surface area contributed by atoms with Crippen molar-refractivity contribution in [1.29, 1.82) is 0 Å². The number of hydrogen-bond acceptors (Lipinski definition) is 4. The van der Waals surface area contributed by atoms with Gasteiger partial charge in [0, 0.05) is 12.8 Å². The van der Waals surface area contributed by atoms with Crippen LogP contribution < -0.4 is 0 Å². The first-order valence-electron chi connectivity index (χ1n) is 6.99. The zero-order chi connectivity index (χ0) is 14.8. The molecule has 0 aliphatic rings. The summed E-state index contributed by atoms with van der Waals surface area (Å²) in [5.74, 6) is -0.532. The van der Waals surface area contributed by atoms with Crippen molar-refractivity contribution in [2.24, 2.45) is 0 Å². The number of carbonyl (C=O) groups is 2. The molecule has 0 fully saturated rings. The van der Waals surface area contributed by atoms with Gasteiger partial charge in [-0.3, -0.25) is 9.59 Å². The Kier molecular flexibility index (Phi) is 7.40. The molecule has 0 spiro atoms. The Morgan fingerprint density at radius 1 is 1.05 bits per heavy atom. The Morgan fingerprint density at radius 3 is 2.35 bits per heavy atom. The standard InChI is InChI=1S/C16H22O4/c1-3-11-19-15(17)9-6-10-16(18)20-12-14-8-5-4-7-13(14)2/h4-5,7-8H,3,6,9-12H2,1-2H3. The van der Waals surface area contributed by atoms with E-state index in [1.54, 1.807) is 0 Å². The maximum Gasteiger partial charge on any atom is 0.306 e. The van der Waals surface area contributed by atoms with Crippen LogP contribution in [0.25, 0.3) is 0 Å². The monoisotopic (exact) mass is 278 g/mol. The summed E-state index contributed by atoms with van der Waals surface area (Å²) in [6, 6.07) is 7.78. The Morgan fingerprint density at radius 2 is 1.70 bits per heavy atom. The van der Waals surface area contributed by atoms with Gasteiger partial charge in [0.2, 0.25) is 0 Å². The molecule has 0 N–H and O–H groups in total. The lowest BCUT2D eigenvalue weighted by Crippen LogP contribution is -2.08. The molecule has 0 radical (unpaired) electrons. The predicted molar refractivity (Wildman–Crippen MR) is 76.1 cm³/mol. The van der Waals surface area contributed by atoms with E-state index in [9.17, 15) is 9.59 Å². The third-order valence-electron chi connectivity index (χ3n) is 2.88. The van der Waals surface area contributed by atoms with Crippen molar-refractivity contribution in [3.63, 3.8) is 0 Å². The first kappa shape index (κ1) is 16.2. The summed E-state index contributed by atoms with van der Waals surface area (Å²) in [4.78, 5) is 22.8. The van der Waals surface area contributed by atoms with Gasteiger partial charge < -0.3 is 9.47 Å². The van der Waals surface area contributed by atoms with Gasteiger partial charge in [-0.1, -0.05) is 31.2 Å². The van der Waals surface area contributed by atoms with Crippen molar-refractivity contribution in [3.8, 4) is 0 Å². The van der Waals surface area contributed by atoms with Gasteiger partial charge in [0.1, 0.15) is 6.61 Å². The normalized spacial score (nSPS) is 10.1. The summed E-state index contributed by atoms with van der Waals surface area (Å²) < 4.78 is 10.1. The van der Waals surface area contributed by atoms with Crippen molar-refractivity contribution in [1.82, 2.24) is 0 Å². The second-order valence-electron chi connectivity index (χ2n) is 4.66. The number of benzene rings is 1. The van der Waals surface area contributed by atoms with Crippen molar-refractivity contribution < 1.29 is 19.1 Å². The number of hydrogen-bond donors (Lipinski definition) is 0. The summed E-state index contributed by atoms with van der Waals surface area (Å²) >= 11 is 0. The van der Waals surface area contributed by atoms with Crippen LogP contribution >= 0.6 is 0 Å². The van der Waals surface area contributed by atoms with E-state index in [1.165, 1.54) is 0 Å². The number of rotatable bonds is 8. The van der Waals surface area contributed by atoms with Gasteiger partial charge in [-0.05, 0) is 30.9 Å². The smallest absolute Gasteiger partial charge is 0.306 e. The maximum atomic E-state index is 11.5. The molecule has 1 aromatic rings. The minimum absolute atomic E-state index is 0.243. The molecule has 110 valence electrons. The van der Waals surface area contributed by atoms with Crippen molar-refractivity contribution in [2.45, 2.75) is 46.1 Å². The van der Waals surface area contributed by atoms with Crippen LogP contribution in [0.1, 0.15) is 43.7 Å². The Balaban J connectivity index is 2.18. The molecule has 20 heavy (non-hydrogen) atoms. The van der Waals surface area contributed by atoms with Crippen LogP contribution in [-0.2, 0) is 25.7 Å². The highest BCUT2D eigenvalue weighted by atomic mass is 16.5. The first-order chi connectivity index (χ1) is 9.63. The highest BCUT2D eigenvalue weighted by Crippen LogP contribution is 2.09. The van der Waals surface area contributed by atoms with Gasteiger partial charge in [-0.15, -0.1) is 0 Å². The van der Waals surface area contributed by atoms with Gasteiger partial charge >= 0.3 is 11.9 Å². The summed E-state index contributed by atoms with van der Waals surface area (Å²) in [5, 5.41) is 0. The molecular weight excluding hydrogens is 256 g/mol. The average molecular weight is 278 g/mol. The Hall–Kier alpha value is -1.84. The van der Waals surface area contributed by atoms with Crippen LogP contribution in [0.15, 0.2) is 24.3 Å². The molecule has 0 unspecified atom stereocenters. The van der Waals surface area contributed by atoms with E-state index in [0.717, 1.165) is 17.5 Å². The predicted octanol–water partition coefficient (Wildman–Crippen LogP) is 3.16. The van der Waals surface area contributed by atoms with E-state index in [2.05, 4.69) is 0 Å². The summed E-state index contributed by atoms with van der Waals surface area (Å²) in [6.07, 6.45) is 1.78.